The summed E-state index contributed by atoms with van der Waals surface area (Å²) < 4.78 is 12.3. The molecule has 4 nitrogen and oxygen atoms in total. The van der Waals surface area contributed by atoms with E-state index >= 15 is 0 Å². The van der Waals surface area contributed by atoms with Crippen LogP contribution in [0.4, 0.5) is 5.69 Å². The highest BCUT2D eigenvalue weighted by Gasteiger charge is 1.96. The van der Waals surface area contributed by atoms with E-state index in [-0.39, 0.29) is 0 Å². The summed E-state index contributed by atoms with van der Waals surface area (Å²) in [6.45, 7) is 0.998. The Bertz CT molecular complexity index is 819. The monoisotopic (exact) mass is 410 g/mol. The normalized spacial score (nSPS) is 10.7. The molecule has 5 heteroatoms. The van der Waals surface area contributed by atoms with Gasteiger partial charge in [0.25, 0.3) is 0 Å². The van der Waals surface area contributed by atoms with Crippen molar-refractivity contribution < 1.29 is 9.47 Å². The van der Waals surface area contributed by atoms with Gasteiger partial charge in [0.2, 0.25) is 0 Å². The van der Waals surface area contributed by atoms with E-state index in [1.54, 1.807) is 6.21 Å². The molecular formula is C21H19BrN2O2. The molecule has 3 rings (SSSR count). The predicted octanol–water partition coefficient (Wildman–Crippen LogP) is 5.35. The average molecular weight is 411 g/mol. The molecule has 0 radical (unpaired) electrons. The highest BCUT2D eigenvalue weighted by molar-refractivity contribution is 9.10. The number of ether oxygens (including phenoxy) is 2. The number of anilines is 1. The molecule has 3 aromatic carbocycles. The number of hydrazone groups is 1. The minimum absolute atomic E-state index is 0.494. The molecule has 132 valence electrons. The van der Waals surface area contributed by atoms with Gasteiger partial charge in [-0.2, -0.15) is 5.10 Å². The average Bonchev–Trinajstić information content (AvgIpc) is 2.69. The predicted molar refractivity (Wildman–Crippen MR) is 109 cm³/mol. The van der Waals surface area contributed by atoms with Gasteiger partial charge >= 0.3 is 0 Å². The fourth-order valence-corrected chi connectivity index (χ4v) is 2.46. The molecule has 0 fully saturated rings. The van der Waals surface area contributed by atoms with Crippen LogP contribution in [0.1, 0.15) is 5.56 Å². The van der Waals surface area contributed by atoms with E-state index in [9.17, 15) is 0 Å². The highest BCUT2D eigenvalue weighted by Crippen LogP contribution is 2.14. The fourth-order valence-electron chi connectivity index (χ4n) is 2.19. The Morgan fingerprint density at radius 2 is 1.38 bits per heavy atom. The van der Waals surface area contributed by atoms with Gasteiger partial charge in [0, 0.05) is 4.47 Å². The first-order valence-electron chi connectivity index (χ1n) is 8.25. The summed E-state index contributed by atoms with van der Waals surface area (Å²) in [6.07, 6.45) is 1.77. The number of halogens is 1. The maximum Gasteiger partial charge on any atom is 0.122 e. The Labute approximate surface area is 161 Å². The summed E-state index contributed by atoms with van der Waals surface area (Å²) in [5, 5.41) is 4.23. The minimum Gasteiger partial charge on any atom is -0.490 e. The Morgan fingerprint density at radius 3 is 2.04 bits per heavy atom. The first-order chi connectivity index (χ1) is 12.8. The second-order valence-electron chi connectivity index (χ2n) is 5.46. The van der Waals surface area contributed by atoms with Crippen LogP contribution < -0.4 is 14.9 Å². The lowest BCUT2D eigenvalue weighted by molar-refractivity contribution is 0.217. The molecule has 0 unspecified atom stereocenters. The largest absolute Gasteiger partial charge is 0.490 e. The number of para-hydroxylation sites is 1. The number of nitrogens with zero attached hydrogens (tertiary/aromatic N) is 1. The molecule has 26 heavy (non-hydrogen) atoms. The maximum absolute atomic E-state index is 5.68. The molecule has 0 amide bonds. The van der Waals surface area contributed by atoms with Crippen molar-refractivity contribution in [2.24, 2.45) is 5.10 Å². The van der Waals surface area contributed by atoms with Crippen LogP contribution in [0, 0.1) is 0 Å². The van der Waals surface area contributed by atoms with Crippen molar-refractivity contribution in [3.8, 4) is 11.5 Å². The van der Waals surface area contributed by atoms with Gasteiger partial charge in [-0.15, -0.1) is 0 Å². The van der Waals surface area contributed by atoms with Gasteiger partial charge in [-0.3, -0.25) is 5.43 Å². The smallest absolute Gasteiger partial charge is 0.122 e. The molecule has 0 aliphatic heterocycles. The molecule has 0 spiro atoms. The third-order valence-electron chi connectivity index (χ3n) is 3.50. The molecule has 0 bridgehead atoms. The molecule has 0 aliphatic rings. The summed E-state index contributed by atoms with van der Waals surface area (Å²) in [7, 11) is 0. The number of benzene rings is 3. The summed E-state index contributed by atoms with van der Waals surface area (Å²) in [6, 6.07) is 25.3. The molecular weight excluding hydrogens is 392 g/mol. The molecule has 0 saturated heterocycles. The van der Waals surface area contributed by atoms with E-state index in [1.807, 2.05) is 78.9 Å². The summed E-state index contributed by atoms with van der Waals surface area (Å²) >= 11 is 3.41. The van der Waals surface area contributed by atoms with Crippen molar-refractivity contribution in [2.75, 3.05) is 18.6 Å². The third kappa shape index (κ3) is 5.93. The molecule has 0 saturated carbocycles. The number of hydrogen-bond donors (Lipinski definition) is 1. The Morgan fingerprint density at radius 1 is 0.769 bits per heavy atom. The lowest BCUT2D eigenvalue weighted by atomic mass is 10.2. The van der Waals surface area contributed by atoms with Crippen molar-refractivity contribution in [1.82, 2.24) is 0 Å². The van der Waals surface area contributed by atoms with E-state index in [0.717, 1.165) is 27.2 Å². The second kappa shape index (κ2) is 9.63. The van der Waals surface area contributed by atoms with Gasteiger partial charge in [0.05, 0.1) is 11.9 Å². The molecule has 3 aromatic rings. The number of nitrogens with one attached hydrogen (secondary N) is 1. The molecule has 0 aromatic heterocycles. The van der Waals surface area contributed by atoms with Gasteiger partial charge in [-0.05, 0) is 66.2 Å². The van der Waals surface area contributed by atoms with E-state index < -0.39 is 0 Å². The van der Waals surface area contributed by atoms with Crippen LogP contribution in [0.5, 0.6) is 11.5 Å². The van der Waals surface area contributed by atoms with E-state index in [0.29, 0.717) is 13.2 Å². The van der Waals surface area contributed by atoms with Crippen molar-refractivity contribution in [3.63, 3.8) is 0 Å². The first kappa shape index (κ1) is 18.0. The lowest BCUT2D eigenvalue weighted by Crippen LogP contribution is -2.08. The minimum atomic E-state index is 0.494. The van der Waals surface area contributed by atoms with Crippen LogP contribution in [0.2, 0.25) is 0 Å². The second-order valence-corrected chi connectivity index (χ2v) is 6.37. The number of hydrogen-bond acceptors (Lipinski definition) is 4. The van der Waals surface area contributed by atoms with Crippen LogP contribution >= 0.6 is 15.9 Å². The number of rotatable bonds is 8. The standard InChI is InChI=1S/C21H19BrN2O2/c22-18-8-10-19(11-9-18)24-23-16-17-6-12-21(13-7-17)26-15-14-25-20-4-2-1-3-5-20/h1-13,16,24H,14-15H2/b23-16+. The zero-order valence-electron chi connectivity index (χ0n) is 14.1. The van der Waals surface area contributed by atoms with Gasteiger partial charge in [-0.25, -0.2) is 0 Å². The summed E-state index contributed by atoms with van der Waals surface area (Å²) in [4.78, 5) is 0. The highest BCUT2D eigenvalue weighted by atomic mass is 79.9. The van der Waals surface area contributed by atoms with E-state index in [1.165, 1.54) is 0 Å². The molecule has 0 atom stereocenters. The SMILES string of the molecule is Brc1ccc(N/N=C/c2ccc(OCCOc3ccccc3)cc2)cc1. The fraction of sp³-hybridized carbons (Fsp3) is 0.0952. The molecule has 0 aliphatic carbocycles. The van der Waals surface area contributed by atoms with Crippen LogP contribution in [-0.4, -0.2) is 19.4 Å². The van der Waals surface area contributed by atoms with Gasteiger partial charge < -0.3 is 9.47 Å². The molecule has 0 heterocycles. The molecule has 1 N–H and O–H groups in total. The Hall–Kier alpha value is -2.79. The quantitative estimate of drug-likeness (QED) is 0.309. The zero-order valence-corrected chi connectivity index (χ0v) is 15.7. The summed E-state index contributed by atoms with van der Waals surface area (Å²) in [5.74, 6) is 1.65. The van der Waals surface area contributed by atoms with Crippen LogP contribution in [-0.2, 0) is 0 Å². The topological polar surface area (TPSA) is 42.9 Å². The van der Waals surface area contributed by atoms with E-state index in [2.05, 4.69) is 26.5 Å². The maximum atomic E-state index is 5.68. The Balaban J connectivity index is 1.41. The third-order valence-corrected chi connectivity index (χ3v) is 4.02. The first-order valence-corrected chi connectivity index (χ1v) is 9.04. The Kier molecular flexibility index (Phi) is 6.67. The van der Waals surface area contributed by atoms with E-state index in [4.69, 9.17) is 9.47 Å². The van der Waals surface area contributed by atoms with Crippen molar-refractivity contribution in [2.45, 2.75) is 0 Å². The van der Waals surface area contributed by atoms with Gasteiger partial charge in [0.1, 0.15) is 24.7 Å². The zero-order chi connectivity index (χ0) is 18.0. The van der Waals surface area contributed by atoms with Gasteiger partial charge in [0.15, 0.2) is 0 Å². The van der Waals surface area contributed by atoms with Crippen molar-refractivity contribution in [3.05, 3.63) is 88.9 Å². The van der Waals surface area contributed by atoms with Crippen LogP contribution in [0.25, 0.3) is 0 Å². The summed E-state index contributed by atoms with van der Waals surface area (Å²) in [5.41, 5.74) is 4.91. The lowest BCUT2D eigenvalue weighted by Gasteiger charge is -2.08. The van der Waals surface area contributed by atoms with Crippen molar-refractivity contribution >= 4 is 27.8 Å². The van der Waals surface area contributed by atoms with Gasteiger partial charge in [-0.1, -0.05) is 34.1 Å². The van der Waals surface area contributed by atoms with Crippen molar-refractivity contribution in [1.29, 1.82) is 0 Å². The van der Waals surface area contributed by atoms with Crippen LogP contribution in [0.3, 0.4) is 0 Å². The van der Waals surface area contributed by atoms with Crippen LogP contribution in [0.15, 0.2) is 88.4 Å².